The second kappa shape index (κ2) is 8.66. The normalized spacial score (nSPS) is 13.9. The third-order valence-corrected chi connectivity index (χ3v) is 4.55. The van der Waals surface area contributed by atoms with Crippen LogP contribution in [-0.4, -0.2) is 30.5 Å². The van der Waals surface area contributed by atoms with Crippen LogP contribution in [0.25, 0.3) is 11.2 Å². The first kappa shape index (κ1) is 19.6. The number of rotatable bonds is 4. The molecule has 0 aliphatic carbocycles. The lowest BCUT2D eigenvalue weighted by atomic mass is 9.72. The number of aliphatic imine (C=N–C) groups is 1. The van der Waals surface area contributed by atoms with Gasteiger partial charge in [-0.3, -0.25) is 0 Å². The van der Waals surface area contributed by atoms with E-state index in [-0.39, 0.29) is 6.61 Å². The zero-order chi connectivity index (χ0) is 20.1. The Morgan fingerprint density at radius 3 is 2.57 bits per heavy atom. The van der Waals surface area contributed by atoms with Gasteiger partial charge in [0, 0.05) is 17.4 Å². The van der Waals surface area contributed by atoms with Gasteiger partial charge < -0.3 is 20.4 Å². The van der Waals surface area contributed by atoms with Gasteiger partial charge in [0.25, 0.3) is 13.4 Å². The molecule has 6 nitrogen and oxygen atoms in total. The maximum absolute atomic E-state index is 9.38. The third-order valence-electron chi connectivity index (χ3n) is 4.20. The fraction of sp³-hybridized carbons (Fsp3) is 0.100. The fourth-order valence-electron chi connectivity index (χ4n) is 2.80. The molecule has 3 N–H and O–H groups in total. The molecule has 2 aromatic rings. The molecular formula is C20H17BClN4O2. The summed E-state index contributed by atoms with van der Waals surface area (Å²) in [4.78, 5) is 6.31. The van der Waals surface area contributed by atoms with Crippen LogP contribution in [0.3, 0.4) is 0 Å². The van der Waals surface area contributed by atoms with Crippen LogP contribution >= 0.6 is 11.6 Å². The summed E-state index contributed by atoms with van der Waals surface area (Å²) in [6, 6.07) is 15.0. The van der Waals surface area contributed by atoms with Crippen molar-refractivity contribution in [3.63, 3.8) is 0 Å². The van der Waals surface area contributed by atoms with Gasteiger partial charge >= 0.3 is 0 Å². The summed E-state index contributed by atoms with van der Waals surface area (Å²) in [6.45, 7) is -0.141. The minimum atomic E-state index is -0.141. The highest BCUT2D eigenvalue weighted by Crippen LogP contribution is 2.33. The number of hydrogen-bond acceptors (Lipinski definition) is 6. The molecule has 0 aromatic heterocycles. The number of ether oxygens (including phenoxy) is 1. The fourth-order valence-corrected chi connectivity index (χ4v) is 3.04. The number of nitrogens with zero attached hydrogens (tertiary/aromatic N) is 3. The van der Waals surface area contributed by atoms with Gasteiger partial charge in [-0.05, 0) is 40.4 Å². The molecule has 2 aromatic carbocycles. The van der Waals surface area contributed by atoms with Gasteiger partial charge in [-0.1, -0.05) is 35.9 Å². The lowest BCUT2D eigenvalue weighted by Crippen LogP contribution is -2.35. The zero-order valence-electron chi connectivity index (χ0n) is 15.1. The van der Waals surface area contributed by atoms with Crippen molar-refractivity contribution in [1.82, 2.24) is 4.81 Å². The average molecular weight is 392 g/mol. The van der Waals surface area contributed by atoms with Crippen LogP contribution in [0.15, 0.2) is 59.9 Å². The van der Waals surface area contributed by atoms with E-state index in [4.69, 9.17) is 27.3 Å². The number of benzene rings is 2. The second-order valence-electron chi connectivity index (χ2n) is 5.89. The van der Waals surface area contributed by atoms with E-state index in [0.717, 1.165) is 16.6 Å². The Morgan fingerprint density at radius 2 is 2.00 bits per heavy atom. The molecule has 1 radical (unpaired) electrons. The molecule has 0 saturated carbocycles. The summed E-state index contributed by atoms with van der Waals surface area (Å²) in [5, 5.41) is 18.9. The molecule has 8 heteroatoms. The molecular weight excluding hydrogens is 375 g/mol. The van der Waals surface area contributed by atoms with E-state index in [1.807, 2.05) is 25.6 Å². The van der Waals surface area contributed by atoms with Gasteiger partial charge in [-0.25, -0.2) is 0 Å². The highest BCUT2D eigenvalue weighted by Gasteiger charge is 2.25. The van der Waals surface area contributed by atoms with E-state index in [2.05, 4.69) is 11.1 Å². The number of hydrogen-bond donors (Lipinski definition) is 2. The van der Waals surface area contributed by atoms with Crippen molar-refractivity contribution < 1.29 is 9.84 Å². The maximum Gasteiger partial charge on any atom is 0.299 e. The van der Waals surface area contributed by atoms with Crippen molar-refractivity contribution in [2.24, 2.45) is 10.7 Å². The first-order valence-corrected chi connectivity index (χ1v) is 8.77. The number of aliphatic hydroxyl groups is 1. The number of halogens is 1. The second-order valence-corrected chi connectivity index (χ2v) is 6.30. The Morgan fingerprint density at radius 1 is 1.29 bits per heavy atom. The largest absolute Gasteiger partial charge is 0.469 e. The molecule has 28 heavy (non-hydrogen) atoms. The summed E-state index contributed by atoms with van der Waals surface area (Å²) in [7, 11) is 3.37. The first-order chi connectivity index (χ1) is 13.6. The lowest BCUT2D eigenvalue weighted by molar-refractivity contribution is 0.282. The van der Waals surface area contributed by atoms with Crippen LogP contribution in [0.1, 0.15) is 22.3 Å². The molecule has 3 rings (SSSR count). The van der Waals surface area contributed by atoms with Crippen molar-refractivity contribution in [1.29, 1.82) is 5.26 Å². The molecule has 1 aliphatic heterocycles. The van der Waals surface area contributed by atoms with E-state index in [1.165, 1.54) is 13.3 Å². The number of nitriles is 1. The summed E-state index contributed by atoms with van der Waals surface area (Å²) >= 11 is 6.29. The molecule has 0 unspecified atom stereocenters. The average Bonchev–Trinajstić information content (AvgIpc) is 2.73. The standard InChI is InChI=1S/C20H17BClN4O2/c1-28-20-25-19(14-4-2-13(11-24)3-5-14)18(21-26(20)9-8-23)15-6-7-16(12-27)17(22)10-15/h2-10,27H,12,23H2,1H3/b9-8-. The van der Waals surface area contributed by atoms with Gasteiger partial charge in [-0.15, -0.1) is 0 Å². The van der Waals surface area contributed by atoms with Gasteiger partial charge in [0.2, 0.25) is 0 Å². The van der Waals surface area contributed by atoms with Crippen LogP contribution in [0.5, 0.6) is 0 Å². The Bertz CT molecular complexity index is 1010. The van der Waals surface area contributed by atoms with Crippen LogP contribution in [0.4, 0.5) is 0 Å². The molecule has 0 bridgehead atoms. The highest BCUT2D eigenvalue weighted by molar-refractivity contribution is 6.64. The number of amidine groups is 1. The Hall–Kier alpha value is -3.21. The molecule has 1 heterocycles. The smallest absolute Gasteiger partial charge is 0.299 e. The topological polar surface area (TPSA) is 94.9 Å². The van der Waals surface area contributed by atoms with Gasteiger partial charge in [0.05, 0.1) is 31.0 Å². The Labute approximate surface area is 169 Å². The highest BCUT2D eigenvalue weighted by atomic mass is 35.5. The molecule has 1 aliphatic rings. The Balaban J connectivity index is 2.19. The van der Waals surface area contributed by atoms with E-state index >= 15 is 0 Å². The van der Waals surface area contributed by atoms with E-state index in [9.17, 15) is 5.11 Å². The number of methoxy groups -OCH3 is 1. The van der Waals surface area contributed by atoms with Gasteiger partial charge in [0.15, 0.2) is 0 Å². The minimum absolute atomic E-state index is 0.141. The van der Waals surface area contributed by atoms with Crippen molar-refractivity contribution in [2.45, 2.75) is 6.61 Å². The van der Waals surface area contributed by atoms with Crippen molar-refractivity contribution in [3.8, 4) is 6.07 Å². The first-order valence-electron chi connectivity index (χ1n) is 8.40. The quantitative estimate of drug-likeness (QED) is 0.781. The minimum Gasteiger partial charge on any atom is -0.469 e. The summed E-state index contributed by atoms with van der Waals surface area (Å²) < 4.78 is 5.39. The molecule has 0 amide bonds. The van der Waals surface area contributed by atoms with E-state index < -0.39 is 0 Å². The van der Waals surface area contributed by atoms with Crippen molar-refractivity contribution >= 4 is 36.2 Å². The summed E-state index contributed by atoms with van der Waals surface area (Å²) in [5.74, 6) is 0. The maximum atomic E-state index is 9.38. The van der Waals surface area contributed by atoms with Gasteiger partial charge in [0.1, 0.15) is 0 Å². The van der Waals surface area contributed by atoms with Gasteiger partial charge in [-0.2, -0.15) is 10.3 Å². The van der Waals surface area contributed by atoms with Crippen molar-refractivity contribution in [3.05, 3.63) is 82.1 Å². The molecule has 0 atom stereocenters. The third kappa shape index (κ3) is 3.88. The van der Waals surface area contributed by atoms with Crippen molar-refractivity contribution in [2.75, 3.05) is 7.11 Å². The van der Waals surface area contributed by atoms with Crippen LogP contribution in [-0.2, 0) is 11.3 Å². The van der Waals surface area contributed by atoms with E-state index in [1.54, 1.807) is 35.3 Å². The summed E-state index contributed by atoms with van der Waals surface area (Å²) in [6.07, 6.45) is 3.01. The lowest BCUT2D eigenvalue weighted by Gasteiger charge is -2.27. The van der Waals surface area contributed by atoms with E-state index in [0.29, 0.717) is 27.9 Å². The zero-order valence-corrected chi connectivity index (χ0v) is 15.9. The van der Waals surface area contributed by atoms with Crippen LogP contribution < -0.4 is 5.73 Å². The van der Waals surface area contributed by atoms with Crippen LogP contribution in [0, 0.1) is 11.3 Å². The summed E-state index contributed by atoms with van der Waals surface area (Å²) in [5.41, 5.74) is 9.84. The Kier molecular flexibility index (Phi) is 6.04. The predicted octanol–water partition coefficient (Wildman–Crippen LogP) is 2.90. The number of aliphatic hydroxyl groups excluding tert-OH is 1. The molecule has 0 spiro atoms. The monoisotopic (exact) mass is 391 g/mol. The number of nitrogens with two attached hydrogens (primary N) is 1. The van der Waals surface area contributed by atoms with Crippen LogP contribution in [0.2, 0.25) is 5.02 Å². The molecule has 139 valence electrons. The predicted molar refractivity (Wildman–Crippen MR) is 111 cm³/mol. The molecule has 0 fully saturated rings. The SMILES string of the molecule is COC1=NC(c2ccc(C#N)cc2)=C(c2ccc(CO)c(Cl)c2)[B]N1/C=C\N. The molecule has 0 saturated heterocycles.